The van der Waals surface area contributed by atoms with Gasteiger partial charge in [-0.15, -0.1) is 0 Å². The molecule has 3 rings (SSSR count). The minimum atomic E-state index is -0.247. The molecule has 1 unspecified atom stereocenters. The van der Waals surface area contributed by atoms with Crippen LogP contribution in [0.15, 0.2) is 0 Å². The summed E-state index contributed by atoms with van der Waals surface area (Å²) < 4.78 is 5.82. The van der Waals surface area contributed by atoms with Gasteiger partial charge in [0.15, 0.2) is 0 Å². The third kappa shape index (κ3) is 3.62. The number of ether oxygens (including phenoxy) is 1. The summed E-state index contributed by atoms with van der Waals surface area (Å²) in [5, 5.41) is 6.36. The van der Waals surface area contributed by atoms with Gasteiger partial charge in [0.2, 0.25) is 5.82 Å². The standard InChI is InChI=1S/C18H29N5O2/c1-11-12(2)20-15(17(24)19-5)22-16(11)23-8-6-13(10-23)21-14-7-9-25-18(14,3)4/h13-14,21H,6-10H2,1-5H3,(H,19,24)/t13-,14?/m1/s1. The molecular formula is C18H29N5O2. The van der Waals surface area contributed by atoms with Crippen LogP contribution < -0.4 is 15.5 Å². The van der Waals surface area contributed by atoms with Crippen molar-refractivity contribution < 1.29 is 9.53 Å². The molecule has 138 valence electrons. The van der Waals surface area contributed by atoms with E-state index in [2.05, 4.69) is 39.3 Å². The summed E-state index contributed by atoms with van der Waals surface area (Å²) in [4.78, 5) is 23.0. The average Bonchev–Trinajstić information content (AvgIpc) is 3.16. The van der Waals surface area contributed by atoms with Crippen molar-refractivity contribution in [3.05, 3.63) is 17.1 Å². The average molecular weight is 347 g/mol. The lowest BCUT2D eigenvalue weighted by molar-refractivity contribution is 0.0199. The Morgan fingerprint density at radius 3 is 2.68 bits per heavy atom. The van der Waals surface area contributed by atoms with Gasteiger partial charge in [-0.3, -0.25) is 4.79 Å². The molecule has 2 aliphatic rings. The number of carbonyl (C=O) groups excluding carboxylic acids is 1. The third-order valence-electron chi connectivity index (χ3n) is 5.44. The molecule has 0 spiro atoms. The first-order valence-corrected chi connectivity index (χ1v) is 9.04. The van der Waals surface area contributed by atoms with Gasteiger partial charge in [0, 0.05) is 50.1 Å². The topological polar surface area (TPSA) is 79.4 Å². The number of anilines is 1. The second-order valence-corrected chi connectivity index (χ2v) is 7.55. The number of amides is 1. The summed E-state index contributed by atoms with van der Waals surface area (Å²) in [5.41, 5.74) is 1.78. The molecule has 2 saturated heterocycles. The first kappa shape index (κ1) is 18.1. The Hall–Kier alpha value is -1.73. The molecule has 0 radical (unpaired) electrons. The minimum absolute atomic E-state index is 0.110. The fourth-order valence-electron chi connectivity index (χ4n) is 3.68. The fraction of sp³-hybridized carbons (Fsp3) is 0.722. The molecule has 0 saturated carbocycles. The van der Waals surface area contributed by atoms with E-state index in [0.29, 0.717) is 12.1 Å². The van der Waals surface area contributed by atoms with Crippen molar-refractivity contribution in [2.24, 2.45) is 0 Å². The van der Waals surface area contributed by atoms with Gasteiger partial charge in [-0.25, -0.2) is 9.97 Å². The quantitative estimate of drug-likeness (QED) is 0.852. The van der Waals surface area contributed by atoms with E-state index in [-0.39, 0.29) is 17.3 Å². The molecule has 2 N–H and O–H groups in total. The minimum Gasteiger partial charge on any atom is -0.374 e. The maximum absolute atomic E-state index is 11.9. The molecule has 0 aliphatic carbocycles. The summed E-state index contributed by atoms with van der Waals surface area (Å²) in [6.07, 6.45) is 2.11. The van der Waals surface area contributed by atoms with Crippen LogP contribution in [0.25, 0.3) is 0 Å². The Bertz CT molecular complexity index is 661. The normalized spacial score (nSPS) is 25.4. The summed E-state index contributed by atoms with van der Waals surface area (Å²) in [7, 11) is 1.60. The largest absolute Gasteiger partial charge is 0.374 e. The third-order valence-corrected chi connectivity index (χ3v) is 5.44. The summed E-state index contributed by atoms with van der Waals surface area (Å²) in [6, 6.07) is 0.788. The maximum atomic E-state index is 11.9. The van der Waals surface area contributed by atoms with E-state index >= 15 is 0 Å². The van der Waals surface area contributed by atoms with E-state index in [1.807, 2.05) is 13.8 Å². The zero-order chi connectivity index (χ0) is 18.2. The highest BCUT2D eigenvalue weighted by Crippen LogP contribution is 2.28. The number of aryl methyl sites for hydroxylation is 1. The van der Waals surface area contributed by atoms with Crippen molar-refractivity contribution in [2.75, 3.05) is 31.6 Å². The number of rotatable bonds is 4. The van der Waals surface area contributed by atoms with Crippen molar-refractivity contribution in [3.63, 3.8) is 0 Å². The van der Waals surface area contributed by atoms with Crippen LogP contribution in [0.4, 0.5) is 5.82 Å². The van der Waals surface area contributed by atoms with Crippen LogP contribution in [0.2, 0.25) is 0 Å². The molecule has 1 aromatic rings. The number of nitrogens with zero attached hydrogens (tertiary/aromatic N) is 3. The second-order valence-electron chi connectivity index (χ2n) is 7.55. The Morgan fingerprint density at radius 2 is 2.04 bits per heavy atom. The lowest BCUT2D eigenvalue weighted by atomic mass is 9.98. The molecule has 2 atom stereocenters. The van der Waals surface area contributed by atoms with Gasteiger partial charge in [0.05, 0.1) is 5.60 Å². The Morgan fingerprint density at radius 1 is 1.28 bits per heavy atom. The van der Waals surface area contributed by atoms with E-state index < -0.39 is 0 Å². The lowest BCUT2D eigenvalue weighted by Crippen LogP contribution is -2.48. The Labute approximate surface area is 149 Å². The first-order valence-electron chi connectivity index (χ1n) is 9.04. The molecule has 3 heterocycles. The molecule has 0 bridgehead atoms. The van der Waals surface area contributed by atoms with E-state index in [9.17, 15) is 4.79 Å². The second kappa shape index (κ2) is 6.88. The molecule has 2 fully saturated rings. The first-order chi connectivity index (χ1) is 11.8. The van der Waals surface area contributed by atoms with Crippen molar-refractivity contribution in [1.82, 2.24) is 20.6 Å². The molecule has 7 nitrogen and oxygen atoms in total. The van der Waals surface area contributed by atoms with Crippen LogP contribution in [0, 0.1) is 13.8 Å². The van der Waals surface area contributed by atoms with E-state index in [4.69, 9.17) is 4.74 Å². The molecule has 2 aliphatic heterocycles. The van der Waals surface area contributed by atoms with E-state index in [1.54, 1.807) is 7.05 Å². The Balaban J connectivity index is 1.73. The smallest absolute Gasteiger partial charge is 0.288 e. The number of nitrogens with one attached hydrogen (secondary N) is 2. The molecule has 1 amide bonds. The van der Waals surface area contributed by atoms with E-state index in [1.165, 1.54) is 0 Å². The van der Waals surface area contributed by atoms with Crippen LogP contribution in [-0.4, -0.2) is 60.3 Å². The van der Waals surface area contributed by atoms with Gasteiger partial charge >= 0.3 is 0 Å². The lowest BCUT2D eigenvalue weighted by Gasteiger charge is -2.29. The summed E-state index contributed by atoms with van der Waals surface area (Å²) >= 11 is 0. The zero-order valence-electron chi connectivity index (χ0n) is 15.8. The Kier molecular flexibility index (Phi) is 4.97. The SMILES string of the molecule is CNC(=O)c1nc(C)c(C)c(N2CC[C@@H](NC3CCOC3(C)C)C2)n1. The monoisotopic (exact) mass is 347 g/mol. The molecule has 1 aromatic heterocycles. The zero-order valence-corrected chi connectivity index (χ0v) is 15.8. The highest BCUT2D eigenvalue weighted by Gasteiger charge is 2.38. The summed E-state index contributed by atoms with van der Waals surface area (Å²) in [5.74, 6) is 0.864. The highest BCUT2D eigenvalue weighted by molar-refractivity contribution is 5.90. The van der Waals surface area contributed by atoms with Crippen LogP contribution in [0.3, 0.4) is 0 Å². The predicted octanol–water partition coefficient (Wildman–Crippen LogP) is 1.19. The maximum Gasteiger partial charge on any atom is 0.288 e. The van der Waals surface area contributed by atoms with Crippen molar-refractivity contribution in [1.29, 1.82) is 0 Å². The molecule has 7 heteroatoms. The van der Waals surface area contributed by atoms with Gasteiger partial charge in [-0.2, -0.15) is 0 Å². The van der Waals surface area contributed by atoms with Gasteiger partial charge in [0.25, 0.3) is 5.91 Å². The number of carbonyl (C=O) groups is 1. The predicted molar refractivity (Wildman–Crippen MR) is 97.1 cm³/mol. The van der Waals surface area contributed by atoms with Crippen LogP contribution >= 0.6 is 0 Å². The van der Waals surface area contributed by atoms with Crippen LogP contribution in [0.5, 0.6) is 0 Å². The number of hydrogen-bond acceptors (Lipinski definition) is 6. The molecule has 0 aromatic carbocycles. The molecular weight excluding hydrogens is 318 g/mol. The number of hydrogen-bond donors (Lipinski definition) is 2. The fourth-order valence-corrected chi connectivity index (χ4v) is 3.68. The highest BCUT2D eigenvalue weighted by atomic mass is 16.5. The summed E-state index contributed by atoms with van der Waals surface area (Å²) in [6.45, 7) is 10.9. The van der Waals surface area contributed by atoms with Gasteiger partial charge in [0.1, 0.15) is 5.82 Å². The van der Waals surface area contributed by atoms with Crippen LogP contribution in [0.1, 0.15) is 48.6 Å². The molecule has 25 heavy (non-hydrogen) atoms. The van der Waals surface area contributed by atoms with E-state index in [0.717, 1.165) is 49.6 Å². The van der Waals surface area contributed by atoms with Crippen molar-refractivity contribution in [3.8, 4) is 0 Å². The number of aromatic nitrogens is 2. The van der Waals surface area contributed by atoms with Crippen molar-refractivity contribution >= 4 is 11.7 Å². The van der Waals surface area contributed by atoms with Gasteiger partial charge in [-0.1, -0.05) is 0 Å². The van der Waals surface area contributed by atoms with Crippen LogP contribution in [-0.2, 0) is 4.74 Å². The van der Waals surface area contributed by atoms with Gasteiger partial charge < -0.3 is 20.3 Å². The van der Waals surface area contributed by atoms with Gasteiger partial charge in [-0.05, 0) is 40.5 Å². The van der Waals surface area contributed by atoms with Crippen molar-refractivity contribution in [2.45, 2.75) is 58.2 Å².